The monoisotopic (exact) mass is 278 g/mol. The summed E-state index contributed by atoms with van der Waals surface area (Å²) < 4.78 is 10.7. The zero-order chi connectivity index (χ0) is 14.5. The van der Waals surface area contributed by atoms with Crippen molar-refractivity contribution in [1.82, 2.24) is 5.32 Å². The lowest BCUT2D eigenvalue weighted by atomic mass is 10.0. The fourth-order valence-corrected chi connectivity index (χ4v) is 2.65. The van der Waals surface area contributed by atoms with Crippen LogP contribution in [0.5, 0.6) is 11.5 Å². The second-order valence-electron chi connectivity index (χ2n) is 5.64. The van der Waals surface area contributed by atoms with Crippen LogP contribution in [0.3, 0.4) is 0 Å². The van der Waals surface area contributed by atoms with Crippen molar-refractivity contribution >= 4 is 5.69 Å². The second kappa shape index (κ2) is 6.84. The smallest absolute Gasteiger partial charge is 0.162 e. The largest absolute Gasteiger partial charge is 0.493 e. The van der Waals surface area contributed by atoms with Crippen LogP contribution in [0.2, 0.25) is 0 Å². The van der Waals surface area contributed by atoms with Crippen molar-refractivity contribution in [2.75, 3.05) is 38.8 Å². The molecular formula is C16H26N2O2. The Morgan fingerprint density at radius 3 is 2.60 bits per heavy atom. The number of rotatable bonds is 4. The molecule has 1 aliphatic heterocycles. The number of hydrogen-bond donors (Lipinski definition) is 1. The third kappa shape index (κ3) is 3.37. The van der Waals surface area contributed by atoms with Crippen LogP contribution in [0.1, 0.15) is 20.3 Å². The predicted molar refractivity (Wildman–Crippen MR) is 83.0 cm³/mol. The first-order valence-corrected chi connectivity index (χ1v) is 7.36. The molecule has 2 rings (SSSR count). The number of hydrogen-bond acceptors (Lipinski definition) is 4. The van der Waals surface area contributed by atoms with E-state index in [0.29, 0.717) is 12.0 Å². The van der Waals surface area contributed by atoms with Gasteiger partial charge in [-0.2, -0.15) is 0 Å². The standard InChI is InChI=1S/C16H26N2O2/c1-12(2)14-11-18(9-5-8-17-14)13-6-7-15(19-3)16(10-13)20-4/h6-7,10,12,14,17H,5,8-9,11H2,1-4H3. The van der Waals surface area contributed by atoms with Gasteiger partial charge in [0, 0.05) is 30.9 Å². The fraction of sp³-hybridized carbons (Fsp3) is 0.625. The van der Waals surface area contributed by atoms with Crippen LogP contribution in [-0.4, -0.2) is 39.9 Å². The minimum Gasteiger partial charge on any atom is -0.493 e. The average molecular weight is 278 g/mol. The van der Waals surface area contributed by atoms with Crippen molar-refractivity contribution in [2.24, 2.45) is 5.92 Å². The Kier molecular flexibility index (Phi) is 5.12. The Hall–Kier alpha value is -1.42. The third-order valence-electron chi connectivity index (χ3n) is 3.97. The van der Waals surface area contributed by atoms with Gasteiger partial charge in [-0.15, -0.1) is 0 Å². The van der Waals surface area contributed by atoms with E-state index in [1.165, 1.54) is 5.69 Å². The molecule has 1 aliphatic rings. The van der Waals surface area contributed by atoms with Gasteiger partial charge >= 0.3 is 0 Å². The number of methoxy groups -OCH3 is 2. The summed E-state index contributed by atoms with van der Waals surface area (Å²) in [5.74, 6) is 2.21. The fourth-order valence-electron chi connectivity index (χ4n) is 2.65. The summed E-state index contributed by atoms with van der Waals surface area (Å²) >= 11 is 0. The maximum absolute atomic E-state index is 5.41. The van der Waals surface area contributed by atoms with Crippen molar-refractivity contribution in [3.8, 4) is 11.5 Å². The maximum atomic E-state index is 5.41. The van der Waals surface area contributed by atoms with E-state index in [1.807, 2.05) is 6.07 Å². The van der Waals surface area contributed by atoms with Gasteiger partial charge in [0.2, 0.25) is 0 Å². The summed E-state index contributed by atoms with van der Waals surface area (Å²) in [6.07, 6.45) is 1.16. The van der Waals surface area contributed by atoms with Gasteiger partial charge in [0.25, 0.3) is 0 Å². The molecular weight excluding hydrogens is 252 g/mol. The molecule has 1 saturated heterocycles. The summed E-state index contributed by atoms with van der Waals surface area (Å²) in [5, 5.41) is 3.63. The lowest BCUT2D eigenvalue weighted by Gasteiger charge is -2.29. The molecule has 4 nitrogen and oxygen atoms in total. The van der Waals surface area contributed by atoms with Gasteiger partial charge < -0.3 is 19.7 Å². The molecule has 20 heavy (non-hydrogen) atoms. The first-order valence-electron chi connectivity index (χ1n) is 7.36. The van der Waals surface area contributed by atoms with Crippen molar-refractivity contribution in [3.05, 3.63) is 18.2 Å². The van der Waals surface area contributed by atoms with Gasteiger partial charge in [-0.05, 0) is 31.0 Å². The van der Waals surface area contributed by atoms with Crippen LogP contribution < -0.4 is 19.7 Å². The van der Waals surface area contributed by atoms with Crippen LogP contribution in [0.4, 0.5) is 5.69 Å². The zero-order valence-electron chi connectivity index (χ0n) is 13.0. The summed E-state index contributed by atoms with van der Waals surface area (Å²) in [4.78, 5) is 2.44. The number of nitrogens with zero attached hydrogens (tertiary/aromatic N) is 1. The minimum absolute atomic E-state index is 0.533. The highest BCUT2D eigenvalue weighted by atomic mass is 16.5. The van der Waals surface area contributed by atoms with Gasteiger partial charge in [0.05, 0.1) is 14.2 Å². The van der Waals surface area contributed by atoms with Crippen LogP contribution in [0.15, 0.2) is 18.2 Å². The quantitative estimate of drug-likeness (QED) is 0.917. The van der Waals surface area contributed by atoms with Gasteiger partial charge in [-0.1, -0.05) is 13.8 Å². The number of ether oxygens (including phenoxy) is 2. The van der Waals surface area contributed by atoms with Crippen LogP contribution in [0.25, 0.3) is 0 Å². The Balaban J connectivity index is 2.20. The highest BCUT2D eigenvalue weighted by Gasteiger charge is 2.21. The van der Waals surface area contributed by atoms with Crippen molar-refractivity contribution in [1.29, 1.82) is 0 Å². The number of benzene rings is 1. The van der Waals surface area contributed by atoms with E-state index in [4.69, 9.17) is 9.47 Å². The Labute approximate surface area is 122 Å². The Morgan fingerprint density at radius 2 is 1.95 bits per heavy atom. The Morgan fingerprint density at radius 1 is 1.20 bits per heavy atom. The predicted octanol–water partition coefficient (Wildman–Crippen LogP) is 2.53. The van der Waals surface area contributed by atoms with E-state index < -0.39 is 0 Å². The summed E-state index contributed by atoms with van der Waals surface area (Å²) in [5.41, 5.74) is 1.21. The molecule has 0 spiro atoms. The topological polar surface area (TPSA) is 33.7 Å². The van der Waals surface area contributed by atoms with E-state index in [-0.39, 0.29) is 0 Å². The second-order valence-corrected chi connectivity index (χ2v) is 5.64. The summed E-state index contributed by atoms with van der Waals surface area (Å²) in [7, 11) is 3.35. The highest BCUT2D eigenvalue weighted by Crippen LogP contribution is 2.32. The molecule has 1 aromatic rings. The van der Waals surface area contributed by atoms with E-state index in [0.717, 1.165) is 37.6 Å². The average Bonchev–Trinajstić information content (AvgIpc) is 2.72. The molecule has 0 bridgehead atoms. The lowest BCUT2D eigenvalue weighted by molar-refractivity contribution is 0.355. The molecule has 0 amide bonds. The minimum atomic E-state index is 0.533. The molecule has 1 heterocycles. The van der Waals surface area contributed by atoms with Gasteiger partial charge in [0.1, 0.15) is 0 Å². The van der Waals surface area contributed by atoms with Crippen molar-refractivity contribution in [2.45, 2.75) is 26.3 Å². The van der Waals surface area contributed by atoms with E-state index in [9.17, 15) is 0 Å². The molecule has 1 atom stereocenters. The maximum Gasteiger partial charge on any atom is 0.162 e. The molecule has 1 fully saturated rings. The van der Waals surface area contributed by atoms with Gasteiger partial charge in [-0.3, -0.25) is 0 Å². The molecule has 0 aromatic heterocycles. The Bertz CT molecular complexity index is 434. The molecule has 4 heteroatoms. The molecule has 0 radical (unpaired) electrons. The molecule has 1 N–H and O–H groups in total. The summed E-state index contributed by atoms with van der Waals surface area (Å²) in [6.45, 7) is 7.75. The third-order valence-corrected chi connectivity index (χ3v) is 3.97. The van der Waals surface area contributed by atoms with Crippen LogP contribution >= 0.6 is 0 Å². The number of nitrogens with one attached hydrogen (secondary N) is 1. The molecule has 112 valence electrons. The van der Waals surface area contributed by atoms with Crippen molar-refractivity contribution in [3.63, 3.8) is 0 Å². The lowest BCUT2D eigenvalue weighted by Crippen LogP contribution is -2.41. The highest BCUT2D eigenvalue weighted by molar-refractivity contribution is 5.56. The molecule has 1 unspecified atom stereocenters. The van der Waals surface area contributed by atoms with Gasteiger partial charge in [-0.25, -0.2) is 0 Å². The molecule has 0 aliphatic carbocycles. The van der Waals surface area contributed by atoms with Crippen LogP contribution in [-0.2, 0) is 0 Å². The normalized spacial score (nSPS) is 19.9. The van der Waals surface area contributed by atoms with Gasteiger partial charge in [0.15, 0.2) is 11.5 Å². The SMILES string of the molecule is COc1ccc(N2CCCNC(C(C)C)C2)cc1OC. The van der Waals surface area contributed by atoms with E-state index >= 15 is 0 Å². The molecule has 0 saturated carbocycles. The van der Waals surface area contributed by atoms with Crippen molar-refractivity contribution < 1.29 is 9.47 Å². The number of anilines is 1. The van der Waals surface area contributed by atoms with E-state index in [1.54, 1.807) is 14.2 Å². The first kappa shape index (κ1) is 15.0. The molecule has 1 aromatic carbocycles. The zero-order valence-corrected chi connectivity index (χ0v) is 13.0. The van der Waals surface area contributed by atoms with E-state index in [2.05, 4.69) is 36.2 Å². The summed E-state index contributed by atoms with van der Waals surface area (Å²) in [6, 6.07) is 6.70. The van der Waals surface area contributed by atoms with Crippen LogP contribution in [0, 0.1) is 5.92 Å². The first-order chi connectivity index (χ1) is 9.65.